The molecule has 1 aromatic heterocycles. The van der Waals surface area contributed by atoms with E-state index >= 15 is 0 Å². The molecule has 0 amide bonds. The number of benzene rings is 1. The third-order valence-electron chi connectivity index (χ3n) is 2.84. The largest absolute Gasteiger partial charge is 0.348 e. The molecule has 0 bridgehead atoms. The maximum Gasteiger partial charge on any atom is 0.223 e. The first-order valence-corrected chi connectivity index (χ1v) is 6.13. The summed E-state index contributed by atoms with van der Waals surface area (Å²) < 4.78 is 0. The van der Waals surface area contributed by atoms with Crippen LogP contribution in [0.1, 0.15) is 24.1 Å². The van der Waals surface area contributed by atoms with Gasteiger partial charge in [-0.05, 0) is 12.5 Å². The Morgan fingerprint density at radius 3 is 2.40 bits per heavy atom. The van der Waals surface area contributed by atoms with Gasteiger partial charge in [-0.25, -0.2) is 15.8 Å². The quantitative estimate of drug-likeness (QED) is 0.282. The summed E-state index contributed by atoms with van der Waals surface area (Å²) in [7, 11) is 0. The van der Waals surface area contributed by atoms with Gasteiger partial charge in [0, 0.05) is 12.4 Å². The van der Waals surface area contributed by atoms with Gasteiger partial charge in [-0.2, -0.15) is 5.10 Å². The van der Waals surface area contributed by atoms with Crippen molar-refractivity contribution in [2.24, 2.45) is 16.8 Å². The monoisotopic (exact) mass is 271 g/mol. The number of hydrogen-bond donors (Lipinski definition) is 4. The van der Waals surface area contributed by atoms with Crippen molar-refractivity contribution in [2.45, 2.75) is 13.0 Å². The van der Waals surface area contributed by atoms with Crippen LogP contribution in [0, 0.1) is 0 Å². The van der Waals surface area contributed by atoms with Crippen molar-refractivity contribution in [3.8, 4) is 0 Å². The van der Waals surface area contributed by atoms with Crippen LogP contribution in [-0.2, 0) is 0 Å². The van der Waals surface area contributed by atoms with Crippen LogP contribution in [0.4, 0.5) is 5.95 Å². The van der Waals surface area contributed by atoms with E-state index in [0.29, 0.717) is 17.3 Å². The Morgan fingerprint density at radius 2 is 1.85 bits per heavy atom. The molecule has 20 heavy (non-hydrogen) atoms. The minimum atomic E-state index is 0.109. The molecule has 0 radical (unpaired) electrons. The van der Waals surface area contributed by atoms with Crippen molar-refractivity contribution in [1.29, 1.82) is 0 Å². The van der Waals surface area contributed by atoms with Gasteiger partial charge in [-0.15, -0.1) is 0 Å². The number of nitrogens with two attached hydrogens (primary N) is 2. The molecule has 0 aliphatic carbocycles. The molecular formula is C13H17N7. The number of hydrazone groups is 1. The van der Waals surface area contributed by atoms with Crippen LogP contribution >= 0.6 is 0 Å². The molecule has 1 atom stereocenters. The average Bonchev–Trinajstić information content (AvgIpc) is 2.51. The van der Waals surface area contributed by atoms with Gasteiger partial charge in [0.25, 0.3) is 0 Å². The van der Waals surface area contributed by atoms with Crippen LogP contribution in [0.5, 0.6) is 0 Å². The van der Waals surface area contributed by atoms with E-state index in [2.05, 4.69) is 25.8 Å². The standard InChI is InChI=1S/C13H17N7/c1-9(10-5-3-2-4-6-10)18-13-16-7-11(8-17-13)12(19-14)20-15/h2-9H,14-15H2,1H3,(H,19,20)(H,16,17,18). The van der Waals surface area contributed by atoms with E-state index in [1.807, 2.05) is 37.3 Å². The Morgan fingerprint density at radius 1 is 1.20 bits per heavy atom. The lowest BCUT2D eigenvalue weighted by Gasteiger charge is -2.14. The smallest absolute Gasteiger partial charge is 0.223 e. The normalized spacial score (nSPS) is 12.8. The minimum absolute atomic E-state index is 0.109. The van der Waals surface area contributed by atoms with Crippen LogP contribution < -0.4 is 22.4 Å². The molecule has 7 nitrogen and oxygen atoms in total. The summed E-state index contributed by atoms with van der Waals surface area (Å²) in [5.41, 5.74) is 4.16. The molecule has 0 fully saturated rings. The fraction of sp³-hybridized carbons (Fsp3) is 0.154. The number of anilines is 1. The van der Waals surface area contributed by atoms with Gasteiger partial charge in [0.1, 0.15) is 0 Å². The molecule has 1 aromatic carbocycles. The zero-order chi connectivity index (χ0) is 14.4. The number of aromatic nitrogens is 2. The lowest BCUT2D eigenvalue weighted by Crippen LogP contribution is -2.32. The van der Waals surface area contributed by atoms with Gasteiger partial charge in [0.15, 0.2) is 5.84 Å². The zero-order valence-electron chi connectivity index (χ0n) is 11.1. The summed E-state index contributed by atoms with van der Waals surface area (Å²) in [6.07, 6.45) is 3.19. The lowest BCUT2D eigenvalue weighted by atomic mass is 10.1. The van der Waals surface area contributed by atoms with E-state index < -0.39 is 0 Å². The molecule has 2 rings (SSSR count). The van der Waals surface area contributed by atoms with E-state index in [0.717, 1.165) is 5.56 Å². The Bertz CT molecular complexity index is 565. The Labute approximate surface area is 117 Å². The predicted octanol–water partition coefficient (Wildman–Crippen LogP) is 0.733. The SMILES string of the molecule is CC(Nc1ncc(/C(=N/N)NN)cn1)c1ccccc1. The summed E-state index contributed by atoms with van der Waals surface area (Å²) in [6.45, 7) is 2.04. The predicted molar refractivity (Wildman–Crippen MR) is 78.6 cm³/mol. The highest BCUT2D eigenvalue weighted by Gasteiger charge is 2.07. The molecule has 6 N–H and O–H groups in total. The second-order valence-electron chi connectivity index (χ2n) is 4.19. The molecule has 0 saturated heterocycles. The maximum atomic E-state index is 5.28. The topological polar surface area (TPSA) is 114 Å². The highest BCUT2D eigenvalue weighted by molar-refractivity contribution is 5.97. The first-order valence-electron chi connectivity index (χ1n) is 6.13. The number of amidine groups is 1. The van der Waals surface area contributed by atoms with E-state index in [1.54, 1.807) is 12.4 Å². The van der Waals surface area contributed by atoms with Crippen LogP contribution in [0.25, 0.3) is 0 Å². The van der Waals surface area contributed by atoms with Gasteiger partial charge < -0.3 is 16.6 Å². The molecule has 1 unspecified atom stereocenters. The maximum absolute atomic E-state index is 5.28. The molecule has 0 spiro atoms. The fourth-order valence-corrected chi connectivity index (χ4v) is 1.74. The van der Waals surface area contributed by atoms with Crippen LogP contribution in [-0.4, -0.2) is 15.8 Å². The first-order chi connectivity index (χ1) is 9.74. The average molecular weight is 271 g/mol. The number of nitrogens with one attached hydrogen (secondary N) is 2. The third kappa shape index (κ3) is 3.21. The number of rotatable bonds is 4. The molecular weight excluding hydrogens is 254 g/mol. The second-order valence-corrected chi connectivity index (χ2v) is 4.19. The van der Waals surface area contributed by atoms with Crippen molar-refractivity contribution in [2.75, 3.05) is 5.32 Å². The van der Waals surface area contributed by atoms with Gasteiger partial charge >= 0.3 is 0 Å². The Balaban J connectivity index is 2.08. The zero-order valence-corrected chi connectivity index (χ0v) is 11.1. The van der Waals surface area contributed by atoms with Gasteiger partial charge in [-0.1, -0.05) is 30.3 Å². The number of hydrogen-bond acceptors (Lipinski definition) is 6. The second kappa shape index (κ2) is 6.48. The highest BCUT2D eigenvalue weighted by Crippen LogP contribution is 2.15. The molecule has 0 aliphatic rings. The van der Waals surface area contributed by atoms with Gasteiger partial charge in [0.2, 0.25) is 5.95 Å². The summed E-state index contributed by atoms with van der Waals surface area (Å²) in [5, 5.41) is 6.71. The molecule has 0 saturated carbocycles. The van der Waals surface area contributed by atoms with Crippen molar-refractivity contribution >= 4 is 11.8 Å². The fourth-order valence-electron chi connectivity index (χ4n) is 1.74. The summed E-state index contributed by atoms with van der Waals surface area (Å²) in [4.78, 5) is 8.41. The van der Waals surface area contributed by atoms with Crippen molar-refractivity contribution < 1.29 is 0 Å². The van der Waals surface area contributed by atoms with Crippen molar-refractivity contribution in [1.82, 2.24) is 15.4 Å². The van der Waals surface area contributed by atoms with Crippen LogP contribution in [0.3, 0.4) is 0 Å². The summed E-state index contributed by atoms with van der Waals surface area (Å²) in [5.74, 6) is 11.3. The van der Waals surface area contributed by atoms with Crippen molar-refractivity contribution in [3.63, 3.8) is 0 Å². The highest BCUT2D eigenvalue weighted by atomic mass is 15.3. The van der Waals surface area contributed by atoms with E-state index in [4.69, 9.17) is 11.7 Å². The Kier molecular flexibility index (Phi) is 4.46. The Hall–Kier alpha value is -2.67. The summed E-state index contributed by atoms with van der Waals surface area (Å²) in [6, 6.07) is 10.2. The number of hydrazine groups is 1. The van der Waals surface area contributed by atoms with Gasteiger partial charge in [0.05, 0.1) is 11.6 Å². The number of nitrogens with zero attached hydrogens (tertiary/aromatic N) is 3. The molecule has 7 heteroatoms. The van der Waals surface area contributed by atoms with Crippen LogP contribution in [0.2, 0.25) is 0 Å². The van der Waals surface area contributed by atoms with Gasteiger partial charge in [-0.3, -0.25) is 0 Å². The first kappa shape index (κ1) is 13.8. The molecule has 104 valence electrons. The van der Waals surface area contributed by atoms with Crippen LogP contribution in [0.15, 0.2) is 47.8 Å². The molecule has 1 heterocycles. The van der Waals surface area contributed by atoms with E-state index in [1.165, 1.54) is 0 Å². The van der Waals surface area contributed by atoms with Crippen molar-refractivity contribution in [3.05, 3.63) is 53.9 Å². The third-order valence-corrected chi connectivity index (χ3v) is 2.84. The molecule has 2 aromatic rings. The lowest BCUT2D eigenvalue weighted by molar-refractivity contribution is 0.859. The summed E-state index contributed by atoms with van der Waals surface area (Å²) >= 11 is 0. The van der Waals surface area contributed by atoms with E-state index in [-0.39, 0.29) is 6.04 Å². The van der Waals surface area contributed by atoms with E-state index in [9.17, 15) is 0 Å². The minimum Gasteiger partial charge on any atom is -0.348 e. The molecule has 0 aliphatic heterocycles.